The summed E-state index contributed by atoms with van der Waals surface area (Å²) in [6, 6.07) is 6.06. The number of anilines is 1. The third-order valence-corrected chi connectivity index (χ3v) is 6.97. The van der Waals surface area contributed by atoms with Gasteiger partial charge in [0.05, 0.1) is 25.0 Å². The van der Waals surface area contributed by atoms with Crippen LogP contribution < -0.4 is 20.9 Å². The molecular formula is C21H27N5O7S2. The molecule has 35 heavy (non-hydrogen) atoms. The third-order valence-electron chi connectivity index (χ3n) is 5.05. The van der Waals surface area contributed by atoms with Crippen LogP contribution in [0, 0.1) is 0 Å². The van der Waals surface area contributed by atoms with Crippen molar-refractivity contribution in [3.63, 3.8) is 0 Å². The Balaban J connectivity index is 1.45. The van der Waals surface area contributed by atoms with Gasteiger partial charge in [0.2, 0.25) is 11.0 Å². The van der Waals surface area contributed by atoms with E-state index in [2.05, 4.69) is 15.2 Å². The number of thiazole rings is 1. The Hall–Kier alpha value is -2.75. The number of benzene rings is 1. The predicted octanol–water partition coefficient (Wildman–Crippen LogP) is 0.768. The van der Waals surface area contributed by atoms with Crippen molar-refractivity contribution in [3.8, 4) is 5.75 Å². The summed E-state index contributed by atoms with van der Waals surface area (Å²) in [5, 5.41) is 3.56. The zero-order valence-electron chi connectivity index (χ0n) is 18.9. The van der Waals surface area contributed by atoms with Crippen LogP contribution in [0.3, 0.4) is 0 Å². The number of hydrogen-bond donors (Lipinski definition) is 3. The Labute approximate surface area is 208 Å². The van der Waals surface area contributed by atoms with Gasteiger partial charge in [0, 0.05) is 39.0 Å². The zero-order chi connectivity index (χ0) is 25.2. The summed E-state index contributed by atoms with van der Waals surface area (Å²) < 4.78 is 30.9. The van der Waals surface area contributed by atoms with Crippen molar-refractivity contribution in [3.05, 3.63) is 36.0 Å². The molecule has 1 atom stereocenters. The van der Waals surface area contributed by atoms with E-state index >= 15 is 0 Å². The predicted molar refractivity (Wildman–Crippen MR) is 128 cm³/mol. The number of amides is 2. The van der Waals surface area contributed by atoms with Gasteiger partial charge in [-0.2, -0.15) is 0 Å². The number of aromatic nitrogens is 1. The van der Waals surface area contributed by atoms with Gasteiger partial charge in [-0.3, -0.25) is 19.3 Å². The molecule has 1 aliphatic rings. The maximum atomic E-state index is 12.8. The molecule has 4 N–H and O–H groups in total. The number of nitrogens with one attached hydrogen (secondary N) is 1. The summed E-state index contributed by atoms with van der Waals surface area (Å²) in [4.78, 5) is 43.2. The highest BCUT2D eigenvalue weighted by Crippen LogP contribution is 2.26. The Morgan fingerprint density at radius 1 is 1.26 bits per heavy atom. The Morgan fingerprint density at radius 3 is 2.71 bits per heavy atom. The van der Waals surface area contributed by atoms with Crippen LogP contribution in [0.1, 0.15) is 29.6 Å². The number of rotatable bonds is 11. The minimum Gasteiger partial charge on any atom is -0.426 e. The van der Waals surface area contributed by atoms with Crippen molar-refractivity contribution < 1.29 is 32.6 Å². The van der Waals surface area contributed by atoms with Crippen molar-refractivity contribution in [2.45, 2.75) is 23.5 Å². The number of carbonyl (C=O) groups excluding carboxylic acids is 3. The molecule has 0 spiro atoms. The highest BCUT2D eigenvalue weighted by Gasteiger charge is 2.23. The van der Waals surface area contributed by atoms with E-state index in [1.807, 2.05) is 0 Å². The smallest absolute Gasteiger partial charge is 0.311 e. The summed E-state index contributed by atoms with van der Waals surface area (Å²) in [5.41, 5.74) is 0.0195. The minimum absolute atomic E-state index is 0.00756. The summed E-state index contributed by atoms with van der Waals surface area (Å²) in [6.07, 6.45) is 1.60. The number of carbonyl (C=O) groups is 3. The lowest BCUT2D eigenvalue weighted by Crippen LogP contribution is -2.41. The van der Waals surface area contributed by atoms with Crippen LogP contribution >= 0.6 is 11.3 Å². The van der Waals surface area contributed by atoms with Crippen LogP contribution in [-0.2, 0) is 25.4 Å². The van der Waals surface area contributed by atoms with E-state index in [-0.39, 0.29) is 39.4 Å². The van der Waals surface area contributed by atoms with Crippen molar-refractivity contribution in [1.29, 1.82) is 0 Å². The van der Waals surface area contributed by atoms with Gasteiger partial charge in [0.25, 0.3) is 5.91 Å². The van der Waals surface area contributed by atoms with Crippen LogP contribution in [0.2, 0.25) is 0 Å². The fraction of sp³-hybridized carbons (Fsp3) is 0.429. The normalized spacial score (nSPS) is 14.8. The molecule has 1 unspecified atom stereocenters. The van der Waals surface area contributed by atoms with E-state index in [4.69, 9.17) is 19.9 Å². The number of nitrogens with zero attached hydrogens (tertiary/aromatic N) is 3. The molecular weight excluding hydrogens is 498 g/mol. The molecule has 2 amide bonds. The zero-order valence-corrected chi connectivity index (χ0v) is 20.5. The lowest BCUT2D eigenvalue weighted by molar-refractivity contribution is -0.134. The van der Waals surface area contributed by atoms with Crippen molar-refractivity contribution >= 4 is 45.3 Å². The first-order chi connectivity index (χ1) is 16.8. The van der Waals surface area contributed by atoms with Crippen LogP contribution in [0.5, 0.6) is 5.75 Å². The van der Waals surface area contributed by atoms with Crippen LogP contribution in [-0.4, -0.2) is 75.8 Å². The first kappa shape index (κ1) is 26.8. The number of hydrazine groups is 1. The average Bonchev–Trinajstić information content (AvgIpc) is 3.35. The fourth-order valence-corrected chi connectivity index (χ4v) is 4.45. The van der Waals surface area contributed by atoms with Gasteiger partial charge in [-0.05, 0) is 18.6 Å². The molecule has 0 radical (unpaired) electrons. The monoisotopic (exact) mass is 525 g/mol. The fourth-order valence-electron chi connectivity index (χ4n) is 3.23. The van der Waals surface area contributed by atoms with E-state index in [1.54, 1.807) is 12.1 Å². The van der Waals surface area contributed by atoms with E-state index in [0.717, 1.165) is 42.2 Å². The molecule has 3 rings (SSSR count). The maximum Gasteiger partial charge on any atom is 0.311 e. The second-order valence-electron chi connectivity index (χ2n) is 7.51. The molecule has 2 aromatic rings. The Bertz CT molecular complexity index is 1060. The average molecular weight is 526 g/mol. The van der Waals surface area contributed by atoms with E-state index in [1.165, 1.54) is 12.1 Å². The number of ether oxygens (including phenoxy) is 2. The van der Waals surface area contributed by atoms with Gasteiger partial charge in [-0.15, -0.1) is 0 Å². The summed E-state index contributed by atoms with van der Waals surface area (Å²) in [7, 11) is 0. The molecule has 1 aromatic heterocycles. The molecule has 12 nitrogen and oxygen atoms in total. The van der Waals surface area contributed by atoms with Gasteiger partial charge in [-0.1, -0.05) is 23.5 Å². The summed E-state index contributed by atoms with van der Waals surface area (Å²) in [6.45, 7) is 4.38. The molecule has 0 saturated carbocycles. The molecule has 0 aliphatic carbocycles. The minimum atomic E-state index is -2.25. The number of hydrogen-bond acceptors (Lipinski definition) is 10. The summed E-state index contributed by atoms with van der Waals surface area (Å²) in [5.74, 6) is 4.40. The highest BCUT2D eigenvalue weighted by molar-refractivity contribution is 7.81. The summed E-state index contributed by atoms with van der Waals surface area (Å²) >= 11 is -1.46. The topological polar surface area (TPSA) is 164 Å². The van der Waals surface area contributed by atoms with Crippen LogP contribution in [0.25, 0.3) is 0 Å². The standard InChI is InChI=1S/C21H27N5O7S2/c22-26(21-24-14-19(34-21)35(30)31)20(29)15-4-1-2-5-16(15)33-18(28)7-3-6-17(27)23-8-9-25-10-12-32-13-11-25/h1-2,4-5,14H,3,6-13,22H2,(H,23,27)(H,30,31). The number of esters is 1. The SMILES string of the molecule is NN(C(=O)c1ccccc1OC(=O)CCCC(=O)NCCN1CCOCC1)c1ncc(S(=O)O)s1. The third kappa shape index (κ3) is 8.16. The second kappa shape index (κ2) is 13.4. The quantitative estimate of drug-likeness (QED) is 0.0953. The van der Waals surface area contributed by atoms with Gasteiger partial charge >= 0.3 is 5.97 Å². The lowest BCUT2D eigenvalue weighted by Gasteiger charge is -2.26. The van der Waals surface area contributed by atoms with Crippen molar-refractivity contribution in [2.75, 3.05) is 44.4 Å². The van der Waals surface area contributed by atoms with Gasteiger partial charge < -0.3 is 19.3 Å². The molecule has 0 bridgehead atoms. The lowest BCUT2D eigenvalue weighted by atomic mass is 10.2. The van der Waals surface area contributed by atoms with Crippen LogP contribution in [0.4, 0.5) is 5.13 Å². The Morgan fingerprint density at radius 2 is 2.00 bits per heavy atom. The van der Waals surface area contributed by atoms with Crippen molar-refractivity contribution in [1.82, 2.24) is 15.2 Å². The Kier molecular flexibility index (Phi) is 10.3. The van der Waals surface area contributed by atoms with E-state index in [9.17, 15) is 18.6 Å². The maximum absolute atomic E-state index is 12.8. The van der Waals surface area contributed by atoms with Gasteiger partial charge in [-0.25, -0.2) is 20.0 Å². The second-order valence-corrected chi connectivity index (χ2v) is 9.72. The van der Waals surface area contributed by atoms with E-state index < -0.39 is 23.0 Å². The van der Waals surface area contributed by atoms with Gasteiger partial charge in [0.1, 0.15) is 9.96 Å². The number of nitrogens with two attached hydrogens (primary N) is 1. The van der Waals surface area contributed by atoms with Gasteiger partial charge in [0.15, 0.2) is 11.1 Å². The molecule has 1 saturated heterocycles. The first-order valence-electron chi connectivity index (χ1n) is 10.9. The largest absolute Gasteiger partial charge is 0.426 e. The highest BCUT2D eigenvalue weighted by atomic mass is 32.2. The number of para-hydroxylation sites is 1. The van der Waals surface area contributed by atoms with Crippen molar-refractivity contribution in [2.24, 2.45) is 5.84 Å². The van der Waals surface area contributed by atoms with Crippen LogP contribution in [0.15, 0.2) is 34.7 Å². The molecule has 1 fully saturated rings. The van der Waals surface area contributed by atoms with E-state index in [0.29, 0.717) is 26.2 Å². The molecule has 190 valence electrons. The number of morpholine rings is 1. The molecule has 1 aliphatic heterocycles. The molecule has 14 heteroatoms. The molecule has 2 heterocycles. The first-order valence-corrected chi connectivity index (χ1v) is 12.8. The molecule has 1 aromatic carbocycles.